The number of anilines is 1. The van der Waals surface area contributed by atoms with E-state index in [9.17, 15) is 20.2 Å². The molecule has 0 spiro atoms. The molecule has 3 aromatic rings. The Morgan fingerprint density at radius 1 is 1.19 bits per heavy atom. The summed E-state index contributed by atoms with van der Waals surface area (Å²) in [5, 5.41) is 24.7. The molecule has 0 radical (unpaired) electrons. The molecule has 0 fully saturated rings. The maximum absolute atomic E-state index is 12.3. The summed E-state index contributed by atoms with van der Waals surface area (Å²) in [4.78, 5) is 26.8. The number of nitro benzene ring substituents is 1. The molecule has 132 valence electrons. The molecule has 0 bridgehead atoms. The van der Waals surface area contributed by atoms with Gasteiger partial charge in [-0.05, 0) is 23.8 Å². The number of nitriles is 1. The fourth-order valence-electron chi connectivity index (χ4n) is 2.24. The van der Waals surface area contributed by atoms with Crippen LogP contribution in [-0.4, -0.2) is 15.8 Å². The topological polar surface area (TPSA) is 109 Å². The Morgan fingerprint density at radius 2 is 1.89 bits per heavy atom. The zero-order chi connectivity index (χ0) is 19.2. The third-order valence-corrected chi connectivity index (χ3v) is 4.33. The van der Waals surface area contributed by atoms with Crippen molar-refractivity contribution in [2.24, 2.45) is 0 Å². The molecule has 0 unspecified atom stereocenters. The van der Waals surface area contributed by atoms with Crippen molar-refractivity contribution >= 4 is 34.1 Å². The smallest absolute Gasteiger partial charge is 0.269 e. The van der Waals surface area contributed by atoms with E-state index in [1.165, 1.54) is 41.7 Å². The summed E-state index contributed by atoms with van der Waals surface area (Å²) in [5.41, 5.74) is 1.98. The van der Waals surface area contributed by atoms with Crippen LogP contribution in [0.4, 0.5) is 10.8 Å². The van der Waals surface area contributed by atoms with Crippen molar-refractivity contribution in [3.05, 3.63) is 81.2 Å². The van der Waals surface area contributed by atoms with Gasteiger partial charge < -0.3 is 0 Å². The first kappa shape index (κ1) is 18.0. The summed E-state index contributed by atoms with van der Waals surface area (Å²) in [6.07, 6.45) is 1.37. The van der Waals surface area contributed by atoms with Gasteiger partial charge in [-0.1, -0.05) is 30.3 Å². The van der Waals surface area contributed by atoms with Crippen LogP contribution in [0.1, 0.15) is 5.56 Å². The highest BCUT2D eigenvalue weighted by atomic mass is 32.1. The van der Waals surface area contributed by atoms with E-state index in [0.29, 0.717) is 10.7 Å². The van der Waals surface area contributed by atoms with Crippen LogP contribution in [0.5, 0.6) is 0 Å². The number of non-ortho nitro benzene ring substituents is 1. The van der Waals surface area contributed by atoms with Crippen LogP contribution in [0.3, 0.4) is 0 Å². The first-order valence-corrected chi connectivity index (χ1v) is 8.63. The third kappa shape index (κ3) is 4.42. The third-order valence-electron chi connectivity index (χ3n) is 3.57. The van der Waals surface area contributed by atoms with E-state index >= 15 is 0 Å². The molecular formula is C19H12N4O3S. The SMILES string of the molecule is N#CC(=Cc1ccc([N+](=O)[O-])cc1)C(=O)Nc1nc(-c2ccccc2)cs1. The largest absolute Gasteiger partial charge is 0.297 e. The van der Waals surface area contributed by atoms with Gasteiger partial charge >= 0.3 is 0 Å². The van der Waals surface area contributed by atoms with Crippen molar-refractivity contribution < 1.29 is 9.72 Å². The fraction of sp³-hybridized carbons (Fsp3) is 0. The Kier molecular flexibility index (Phi) is 5.35. The standard InChI is InChI=1S/C19H12N4O3S/c20-11-15(10-13-6-8-16(9-7-13)23(25)26)18(24)22-19-21-17(12-27-19)14-4-2-1-3-5-14/h1-10,12H,(H,21,22,24). The van der Waals surface area contributed by atoms with Crippen molar-refractivity contribution in [3.8, 4) is 17.3 Å². The highest BCUT2D eigenvalue weighted by Crippen LogP contribution is 2.25. The van der Waals surface area contributed by atoms with E-state index < -0.39 is 10.8 Å². The summed E-state index contributed by atoms with van der Waals surface area (Å²) < 4.78 is 0. The van der Waals surface area contributed by atoms with Gasteiger partial charge in [-0.3, -0.25) is 20.2 Å². The molecule has 27 heavy (non-hydrogen) atoms. The zero-order valence-corrected chi connectivity index (χ0v) is 14.6. The number of benzene rings is 2. The predicted octanol–water partition coefficient (Wildman–Crippen LogP) is 4.26. The molecule has 0 atom stereocenters. The Bertz CT molecular complexity index is 1050. The van der Waals surface area contributed by atoms with Gasteiger partial charge in [0.1, 0.15) is 11.6 Å². The van der Waals surface area contributed by atoms with E-state index in [-0.39, 0.29) is 11.3 Å². The number of amides is 1. The molecule has 1 N–H and O–H groups in total. The number of nitrogens with one attached hydrogen (secondary N) is 1. The molecule has 8 heteroatoms. The van der Waals surface area contributed by atoms with Crippen LogP contribution in [-0.2, 0) is 4.79 Å². The number of rotatable bonds is 5. The lowest BCUT2D eigenvalue weighted by Crippen LogP contribution is -2.13. The minimum absolute atomic E-state index is 0.0636. The van der Waals surface area contributed by atoms with E-state index in [1.54, 1.807) is 0 Å². The molecular weight excluding hydrogens is 364 g/mol. The number of nitro groups is 1. The van der Waals surface area contributed by atoms with Gasteiger partial charge in [-0.15, -0.1) is 11.3 Å². The van der Waals surface area contributed by atoms with Crippen LogP contribution >= 0.6 is 11.3 Å². The second-order valence-electron chi connectivity index (χ2n) is 5.38. The maximum atomic E-state index is 12.3. The Labute approximate surface area is 158 Å². The van der Waals surface area contributed by atoms with Gasteiger partial charge in [0.25, 0.3) is 11.6 Å². The molecule has 1 heterocycles. The lowest BCUT2D eigenvalue weighted by atomic mass is 10.1. The normalized spacial score (nSPS) is 10.9. The number of carbonyl (C=O) groups is 1. The molecule has 0 aliphatic carbocycles. The van der Waals surface area contributed by atoms with Crippen molar-refractivity contribution in [1.82, 2.24) is 4.98 Å². The van der Waals surface area contributed by atoms with Crippen LogP contribution in [0.25, 0.3) is 17.3 Å². The minimum Gasteiger partial charge on any atom is -0.297 e. The highest BCUT2D eigenvalue weighted by molar-refractivity contribution is 7.14. The second kappa shape index (κ2) is 8.03. The number of aromatic nitrogens is 1. The van der Waals surface area contributed by atoms with Gasteiger partial charge in [0.15, 0.2) is 5.13 Å². The summed E-state index contributed by atoms with van der Waals surface area (Å²) in [5.74, 6) is -0.593. The number of thiazole rings is 1. The molecule has 1 amide bonds. The average molecular weight is 376 g/mol. The van der Waals surface area contributed by atoms with Crippen LogP contribution in [0.15, 0.2) is 65.6 Å². The van der Waals surface area contributed by atoms with Crippen molar-refractivity contribution in [1.29, 1.82) is 5.26 Å². The molecule has 0 saturated carbocycles. The summed E-state index contributed by atoms with van der Waals surface area (Å²) in [6, 6.07) is 16.9. The van der Waals surface area contributed by atoms with Gasteiger partial charge in [0.2, 0.25) is 0 Å². The molecule has 7 nitrogen and oxygen atoms in total. The summed E-state index contributed by atoms with van der Waals surface area (Å²) in [6.45, 7) is 0. The lowest BCUT2D eigenvalue weighted by molar-refractivity contribution is -0.384. The summed E-state index contributed by atoms with van der Waals surface area (Å²) in [7, 11) is 0. The monoisotopic (exact) mass is 376 g/mol. The van der Waals surface area contributed by atoms with Crippen LogP contribution in [0.2, 0.25) is 0 Å². The van der Waals surface area contributed by atoms with Crippen molar-refractivity contribution in [2.45, 2.75) is 0 Å². The maximum Gasteiger partial charge on any atom is 0.269 e. The van der Waals surface area contributed by atoms with Crippen molar-refractivity contribution in [2.75, 3.05) is 5.32 Å². The van der Waals surface area contributed by atoms with Crippen LogP contribution < -0.4 is 5.32 Å². The quantitative estimate of drug-likeness (QED) is 0.310. The molecule has 1 aromatic heterocycles. The van der Waals surface area contributed by atoms with Crippen molar-refractivity contribution in [3.63, 3.8) is 0 Å². The van der Waals surface area contributed by atoms with Gasteiger partial charge in [0.05, 0.1) is 10.6 Å². The Hall–Kier alpha value is -3.83. The second-order valence-corrected chi connectivity index (χ2v) is 6.23. The number of hydrogen-bond donors (Lipinski definition) is 1. The van der Waals surface area contributed by atoms with Gasteiger partial charge in [-0.25, -0.2) is 4.98 Å². The van der Waals surface area contributed by atoms with E-state index in [0.717, 1.165) is 11.3 Å². The van der Waals surface area contributed by atoms with Gasteiger partial charge in [0, 0.05) is 23.1 Å². The Morgan fingerprint density at radius 3 is 2.52 bits per heavy atom. The Balaban J connectivity index is 1.75. The lowest BCUT2D eigenvalue weighted by Gasteiger charge is -2.00. The fourth-order valence-corrected chi connectivity index (χ4v) is 2.96. The zero-order valence-electron chi connectivity index (χ0n) is 13.8. The first-order chi connectivity index (χ1) is 13.1. The van der Waals surface area contributed by atoms with E-state index in [4.69, 9.17) is 0 Å². The molecule has 3 rings (SSSR count). The number of carbonyl (C=O) groups excluding carboxylic acids is 1. The van der Waals surface area contributed by atoms with Crippen LogP contribution in [0, 0.1) is 21.4 Å². The number of nitrogens with zero attached hydrogens (tertiary/aromatic N) is 3. The van der Waals surface area contributed by atoms with Gasteiger partial charge in [-0.2, -0.15) is 5.26 Å². The summed E-state index contributed by atoms with van der Waals surface area (Å²) >= 11 is 1.26. The number of hydrogen-bond acceptors (Lipinski definition) is 6. The molecule has 0 saturated heterocycles. The molecule has 0 aliphatic rings. The average Bonchev–Trinajstić information content (AvgIpc) is 3.15. The minimum atomic E-state index is -0.593. The highest BCUT2D eigenvalue weighted by Gasteiger charge is 2.13. The van der Waals surface area contributed by atoms with E-state index in [1.807, 2.05) is 41.8 Å². The predicted molar refractivity (Wildman–Crippen MR) is 103 cm³/mol. The molecule has 2 aromatic carbocycles. The molecule has 0 aliphatic heterocycles. The first-order valence-electron chi connectivity index (χ1n) is 7.75. The van der Waals surface area contributed by atoms with E-state index in [2.05, 4.69) is 10.3 Å².